The van der Waals surface area contributed by atoms with Gasteiger partial charge in [-0.3, -0.25) is 4.68 Å². The summed E-state index contributed by atoms with van der Waals surface area (Å²) in [6, 6.07) is 2.84. The van der Waals surface area contributed by atoms with Gasteiger partial charge in [0, 0.05) is 5.69 Å². The van der Waals surface area contributed by atoms with Crippen LogP contribution in [0.1, 0.15) is 64.1 Å². The van der Waals surface area contributed by atoms with Crippen LogP contribution in [-0.2, 0) is 6.42 Å². The van der Waals surface area contributed by atoms with Crippen molar-refractivity contribution in [2.45, 2.75) is 64.8 Å². The summed E-state index contributed by atoms with van der Waals surface area (Å²) in [5.74, 6) is 0.697. The normalized spacial score (nSPS) is 18.6. The van der Waals surface area contributed by atoms with Crippen LogP contribution in [-0.4, -0.2) is 9.78 Å². The fourth-order valence-corrected chi connectivity index (χ4v) is 3.22. The van der Waals surface area contributed by atoms with Crippen LogP contribution in [0.2, 0.25) is 0 Å². The van der Waals surface area contributed by atoms with Crippen LogP contribution in [0.15, 0.2) is 10.7 Å². The van der Waals surface area contributed by atoms with E-state index < -0.39 is 0 Å². The third-order valence-corrected chi connectivity index (χ3v) is 3.96. The maximum Gasteiger partial charge on any atom is 0.128 e. The average molecular weight is 299 g/mol. The molecule has 1 aliphatic carbocycles. The highest BCUT2D eigenvalue weighted by Gasteiger charge is 2.18. The van der Waals surface area contributed by atoms with Crippen molar-refractivity contribution in [3.63, 3.8) is 0 Å². The van der Waals surface area contributed by atoms with Crippen molar-refractivity contribution in [3.05, 3.63) is 16.4 Å². The Kier molecular flexibility index (Phi) is 4.66. The van der Waals surface area contributed by atoms with Gasteiger partial charge in [-0.05, 0) is 47.2 Å². The molecular formula is C14H23BrN2. The molecule has 17 heavy (non-hydrogen) atoms. The van der Waals surface area contributed by atoms with Gasteiger partial charge in [0.25, 0.3) is 0 Å². The van der Waals surface area contributed by atoms with E-state index in [4.69, 9.17) is 0 Å². The number of rotatable bonds is 3. The monoisotopic (exact) mass is 298 g/mol. The Hall–Kier alpha value is -0.310. The lowest BCUT2D eigenvalue weighted by atomic mass is 10.1. The molecule has 3 heteroatoms. The van der Waals surface area contributed by atoms with Crippen molar-refractivity contribution in [1.82, 2.24) is 9.78 Å². The lowest BCUT2D eigenvalue weighted by Gasteiger charge is -2.18. The van der Waals surface area contributed by atoms with Gasteiger partial charge >= 0.3 is 0 Å². The summed E-state index contributed by atoms with van der Waals surface area (Å²) in [6.07, 6.45) is 9.27. The first-order chi connectivity index (χ1) is 8.16. The summed E-state index contributed by atoms with van der Waals surface area (Å²) in [5, 5.41) is 4.66. The maximum absolute atomic E-state index is 4.66. The van der Waals surface area contributed by atoms with Crippen molar-refractivity contribution in [2.75, 3.05) is 0 Å². The summed E-state index contributed by atoms with van der Waals surface area (Å²) < 4.78 is 3.30. The fourth-order valence-electron chi connectivity index (χ4n) is 2.79. The lowest BCUT2D eigenvalue weighted by Crippen LogP contribution is -2.14. The minimum Gasteiger partial charge on any atom is -0.265 e. The van der Waals surface area contributed by atoms with E-state index in [0.29, 0.717) is 12.0 Å². The van der Waals surface area contributed by atoms with Crippen molar-refractivity contribution < 1.29 is 0 Å². The molecule has 0 aromatic carbocycles. The van der Waals surface area contributed by atoms with Crippen molar-refractivity contribution in [3.8, 4) is 0 Å². The van der Waals surface area contributed by atoms with Crippen LogP contribution >= 0.6 is 15.9 Å². The van der Waals surface area contributed by atoms with Crippen LogP contribution in [0.5, 0.6) is 0 Å². The highest BCUT2D eigenvalue weighted by molar-refractivity contribution is 9.10. The Labute approximate surface area is 113 Å². The lowest BCUT2D eigenvalue weighted by molar-refractivity contribution is 0.386. The van der Waals surface area contributed by atoms with Crippen LogP contribution in [0.25, 0.3) is 0 Å². The summed E-state index contributed by atoms with van der Waals surface area (Å²) in [5.41, 5.74) is 1.40. The Morgan fingerprint density at radius 3 is 2.53 bits per heavy atom. The molecule has 0 aliphatic heterocycles. The minimum absolute atomic E-state index is 0.637. The van der Waals surface area contributed by atoms with Crippen molar-refractivity contribution in [2.24, 2.45) is 5.92 Å². The van der Waals surface area contributed by atoms with E-state index in [9.17, 15) is 0 Å². The minimum atomic E-state index is 0.637. The largest absolute Gasteiger partial charge is 0.265 e. The Morgan fingerprint density at radius 2 is 1.94 bits per heavy atom. The predicted molar refractivity (Wildman–Crippen MR) is 75.2 cm³/mol. The summed E-state index contributed by atoms with van der Waals surface area (Å²) in [7, 11) is 0. The Balaban J connectivity index is 2.17. The third-order valence-electron chi connectivity index (χ3n) is 3.57. The van der Waals surface area contributed by atoms with E-state index in [0.717, 1.165) is 11.0 Å². The molecule has 0 saturated heterocycles. The van der Waals surface area contributed by atoms with Gasteiger partial charge in [-0.15, -0.1) is 0 Å². The highest BCUT2D eigenvalue weighted by atomic mass is 79.9. The van der Waals surface area contributed by atoms with E-state index >= 15 is 0 Å². The SMILES string of the molecule is CC(C)Cc1cc(Br)nn1C1CCCCCC1. The molecule has 2 rings (SSSR count). The summed E-state index contributed by atoms with van der Waals surface area (Å²) in [4.78, 5) is 0. The first kappa shape index (κ1) is 13.1. The number of hydrogen-bond acceptors (Lipinski definition) is 1. The first-order valence-corrected chi connectivity index (χ1v) is 7.70. The molecule has 1 aliphatic rings. The van der Waals surface area contributed by atoms with Gasteiger partial charge in [0.15, 0.2) is 0 Å². The maximum atomic E-state index is 4.66. The van der Waals surface area contributed by atoms with Crippen LogP contribution < -0.4 is 0 Å². The second-order valence-corrected chi connectivity index (χ2v) is 6.46. The van der Waals surface area contributed by atoms with Gasteiger partial charge in [0.2, 0.25) is 0 Å². The molecule has 0 N–H and O–H groups in total. The Bertz CT molecular complexity index is 349. The number of hydrogen-bond donors (Lipinski definition) is 0. The van der Waals surface area contributed by atoms with Gasteiger partial charge in [-0.25, -0.2) is 0 Å². The standard InChI is InChI=1S/C14H23BrN2/c1-11(2)9-13-10-14(15)16-17(13)12-7-5-3-4-6-8-12/h10-12H,3-9H2,1-2H3. The van der Waals surface area contributed by atoms with Crippen molar-refractivity contribution >= 4 is 15.9 Å². The van der Waals surface area contributed by atoms with Crippen LogP contribution in [0.4, 0.5) is 0 Å². The predicted octanol–water partition coefficient (Wildman–Crippen LogP) is 4.74. The third kappa shape index (κ3) is 3.57. The van der Waals surface area contributed by atoms with E-state index in [1.807, 2.05) is 0 Å². The number of halogens is 1. The molecule has 1 aromatic heterocycles. The average Bonchev–Trinajstić information content (AvgIpc) is 2.52. The van der Waals surface area contributed by atoms with E-state index in [2.05, 4.69) is 45.6 Å². The first-order valence-electron chi connectivity index (χ1n) is 6.90. The van der Waals surface area contributed by atoms with Gasteiger partial charge in [0.05, 0.1) is 6.04 Å². The molecule has 0 radical (unpaired) electrons. The Morgan fingerprint density at radius 1 is 1.29 bits per heavy atom. The molecule has 0 spiro atoms. The zero-order valence-corrected chi connectivity index (χ0v) is 12.5. The second-order valence-electron chi connectivity index (χ2n) is 5.65. The van der Waals surface area contributed by atoms with E-state index in [1.165, 1.54) is 44.2 Å². The number of nitrogens with zero attached hydrogens (tertiary/aromatic N) is 2. The zero-order chi connectivity index (χ0) is 12.3. The molecule has 2 nitrogen and oxygen atoms in total. The van der Waals surface area contributed by atoms with Gasteiger partial charge in [-0.1, -0.05) is 39.5 Å². The molecule has 1 fully saturated rings. The van der Waals surface area contributed by atoms with Gasteiger partial charge < -0.3 is 0 Å². The van der Waals surface area contributed by atoms with Crippen LogP contribution in [0.3, 0.4) is 0 Å². The topological polar surface area (TPSA) is 17.8 Å². The number of aromatic nitrogens is 2. The summed E-state index contributed by atoms with van der Waals surface area (Å²) >= 11 is 3.53. The molecule has 0 amide bonds. The van der Waals surface area contributed by atoms with Crippen LogP contribution in [0, 0.1) is 5.92 Å². The zero-order valence-electron chi connectivity index (χ0n) is 11.0. The summed E-state index contributed by atoms with van der Waals surface area (Å²) in [6.45, 7) is 4.55. The van der Waals surface area contributed by atoms with E-state index in [-0.39, 0.29) is 0 Å². The second kappa shape index (κ2) is 6.03. The van der Waals surface area contributed by atoms with Gasteiger partial charge in [0.1, 0.15) is 4.60 Å². The molecule has 0 unspecified atom stereocenters. The molecule has 96 valence electrons. The molecule has 1 saturated carbocycles. The van der Waals surface area contributed by atoms with E-state index in [1.54, 1.807) is 0 Å². The molecule has 0 atom stereocenters. The molecule has 1 aromatic rings. The quantitative estimate of drug-likeness (QED) is 0.737. The smallest absolute Gasteiger partial charge is 0.128 e. The fraction of sp³-hybridized carbons (Fsp3) is 0.786. The molecule has 1 heterocycles. The van der Waals surface area contributed by atoms with Crippen molar-refractivity contribution in [1.29, 1.82) is 0 Å². The molecular weight excluding hydrogens is 276 g/mol. The highest BCUT2D eigenvalue weighted by Crippen LogP contribution is 2.29. The van der Waals surface area contributed by atoms with Gasteiger partial charge in [-0.2, -0.15) is 5.10 Å². The molecule has 0 bridgehead atoms.